The summed E-state index contributed by atoms with van der Waals surface area (Å²) < 4.78 is 5.24. The molecule has 2 rings (SSSR count). The number of hydrogen-bond donors (Lipinski definition) is 1. The molecule has 7 nitrogen and oxygen atoms in total. The molecule has 1 amide bonds. The smallest absolute Gasteiger partial charge is 0.316 e. The van der Waals surface area contributed by atoms with Gasteiger partial charge >= 0.3 is 5.97 Å². The number of nitrogens with two attached hydrogens (primary N) is 1. The van der Waals surface area contributed by atoms with E-state index in [0.29, 0.717) is 0 Å². The zero-order valence-corrected chi connectivity index (χ0v) is 15.2. The normalized spacial score (nSPS) is 10.4. The van der Waals surface area contributed by atoms with Crippen molar-refractivity contribution in [3.05, 3.63) is 68.8 Å². The van der Waals surface area contributed by atoms with E-state index in [1.807, 2.05) is 32.0 Å². The predicted molar refractivity (Wildman–Crippen MR) is 98.1 cm³/mol. The molecule has 0 atom stereocenters. The van der Waals surface area contributed by atoms with Crippen LogP contribution in [0.5, 0.6) is 0 Å². The van der Waals surface area contributed by atoms with Crippen molar-refractivity contribution in [3.63, 3.8) is 0 Å². The number of hydrogen-bond acceptors (Lipinski definition) is 6. The van der Waals surface area contributed by atoms with E-state index < -0.39 is 16.8 Å². The van der Waals surface area contributed by atoms with Gasteiger partial charge in [0.25, 0.3) is 5.69 Å². The Morgan fingerprint density at radius 2 is 1.92 bits per heavy atom. The number of nitro benzene ring substituents is 1. The van der Waals surface area contributed by atoms with Gasteiger partial charge in [-0.1, -0.05) is 23.8 Å². The van der Waals surface area contributed by atoms with E-state index in [4.69, 9.17) is 10.5 Å². The van der Waals surface area contributed by atoms with Crippen molar-refractivity contribution in [2.24, 2.45) is 5.73 Å². The number of nitrogens with zero attached hydrogens (tertiary/aromatic N) is 1. The van der Waals surface area contributed by atoms with Crippen molar-refractivity contribution in [2.75, 3.05) is 5.75 Å². The molecule has 0 unspecified atom stereocenters. The summed E-state index contributed by atoms with van der Waals surface area (Å²) in [7, 11) is 0. The average Bonchev–Trinajstić information content (AvgIpc) is 2.60. The molecular weight excluding hydrogens is 356 g/mol. The number of carbonyl (C=O) groups excluding carboxylic acids is 2. The minimum Gasteiger partial charge on any atom is -0.460 e. The second-order valence-electron chi connectivity index (χ2n) is 5.68. The van der Waals surface area contributed by atoms with E-state index in [1.165, 1.54) is 12.1 Å². The Bertz CT molecular complexity index is 867. The van der Waals surface area contributed by atoms with Gasteiger partial charge in [-0.25, -0.2) is 0 Å². The molecule has 0 heterocycles. The van der Waals surface area contributed by atoms with Gasteiger partial charge in [0.05, 0.1) is 15.6 Å². The van der Waals surface area contributed by atoms with Crippen LogP contribution in [-0.4, -0.2) is 22.6 Å². The number of amides is 1. The third-order valence-corrected chi connectivity index (χ3v) is 4.72. The fraction of sp³-hybridized carbons (Fsp3) is 0.222. The van der Waals surface area contributed by atoms with E-state index in [9.17, 15) is 19.7 Å². The summed E-state index contributed by atoms with van der Waals surface area (Å²) in [5.41, 5.74) is 7.91. The Labute approximate surface area is 154 Å². The number of rotatable bonds is 7. The second kappa shape index (κ2) is 8.48. The van der Waals surface area contributed by atoms with Gasteiger partial charge in [-0.2, -0.15) is 0 Å². The molecule has 136 valence electrons. The first kappa shape index (κ1) is 19.5. The fourth-order valence-electron chi connectivity index (χ4n) is 2.23. The van der Waals surface area contributed by atoms with Crippen LogP contribution in [0.3, 0.4) is 0 Å². The SMILES string of the molecule is Cc1ccc(C)c(COC(=O)CSc2ccc(C(N)=O)cc2[N+](=O)[O-])c1. The van der Waals surface area contributed by atoms with Gasteiger partial charge in [0.2, 0.25) is 5.91 Å². The Hall–Kier alpha value is -2.87. The quantitative estimate of drug-likeness (QED) is 0.345. The Morgan fingerprint density at radius 3 is 2.58 bits per heavy atom. The molecule has 2 aromatic carbocycles. The van der Waals surface area contributed by atoms with Crippen molar-refractivity contribution in [1.82, 2.24) is 0 Å². The molecule has 0 bridgehead atoms. The summed E-state index contributed by atoms with van der Waals surface area (Å²) in [5.74, 6) is -1.32. The van der Waals surface area contributed by atoms with Gasteiger partial charge in [0, 0.05) is 11.6 Å². The fourth-order valence-corrected chi connectivity index (χ4v) is 3.03. The largest absolute Gasteiger partial charge is 0.460 e. The Morgan fingerprint density at radius 1 is 1.19 bits per heavy atom. The molecule has 2 aromatic rings. The predicted octanol–water partition coefficient (Wildman–Crippen LogP) is 3.15. The lowest BCUT2D eigenvalue weighted by Gasteiger charge is -2.09. The topological polar surface area (TPSA) is 113 Å². The molecule has 0 spiro atoms. The molecule has 2 N–H and O–H groups in total. The van der Waals surface area contributed by atoms with Crippen molar-refractivity contribution >= 4 is 29.3 Å². The number of benzene rings is 2. The van der Waals surface area contributed by atoms with Crippen LogP contribution in [0.1, 0.15) is 27.0 Å². The van der Waals surface area contributed by atoms with Gasteiger partial charge in [-0.3, -0.25) is 19.7 Å². The van der Waals surface area contributed by atoms with E-state index >= 15 is 0 Å². The molecule has 26 heavy (non-hydrogen) atoms. The van der Waals surface area contributed by atoms with Crippen LogP contribution in [0.2, 0.25) is 0 Å². The number of aryl methyl sites for hydroxylation is 2. The minimum atomic E-state index is -0.752. The van der Waals surface area contributed by atoms with Crippen LogP contribution in [0.4, 0.5) is 5.69 Å². The molecule has 0 aromatic heterocycles. The first-order valence-electron chi connectivity index (χ1n) is 7.70. The van der Waals surface area contributed by atoms with Crippen molar-refractivity contribution in [2.45, 2.75) is 25.3 Å². The van der Waals surface area contributed by atoms with Crippen LogP contribution >= 0.6 is 11.8 Å². The lowest BCUT2D eigenvalue weighted by molar-refractivity contribution is -0.387. The van der Waals surface area contributed by atoms with Crippen LogP contribution in [0.15, 0.2) is 41.3 Å². The highest BCUT2D eigenvalue weighted by atomic mass is 32.2. The first-order valence-corrected chi connectivity index (χ1v) is 8.69. The zero-order valence-electron chi connectivity index (χ0n) is 14.4. The summed E-state index contributed by atoms with van der Waals surface area (Å²) >= 11 is 0.978. The summed E-state index contributed by atoms with van der Waals surface area (Å²) in [5, 5.41) is 11.1. The maximum atomic E-state index is 12.0. The van der Waals surface area contributed by atoms with Gasteiger partial charge in [-0.05, 0) is 37.1 Å². The highest BCUT2D eigenvalue weighted by Gasteiger charge is 2.18. The van der Waals surface area contributed by atoms with Gasteiger partial charge < -0.3 is 10.5 Å². The van der Waals surface area contributed by atoms with Crippen LogP contribution in [-0.2, 0) is 16.1 Å². The van der Waals surface area contributed by atoms with Crippen molar-refractivity contribution in [1.29, 1.82) is 0 Å². The van der Waals surface area contributed by atoms with E-state index in [1.54, 1.807) is 0 Å². The van der Waals surface area contributed by atoms with Gasteiger partial charge in [0.15, 0.2) is 0 Å². The number of esters is 1. The number of carbonyl (C=O) groups is 2. The highest BCUT2D eigenvalue weighted by Crippen LogP contribution is 2.30. The Balaban J connectivity index is 1.99. The van der Waals surface area contributed by atoms with Crippen LogP contribution in [0.25, 0.3) is 0 Å². The summed E-state index contributed by atoms with van der Waals surface area (Å²) in [4.78, 5) is 33.9. The van der Waals surface area contributed by atoms with Crippen molar-refractivity contribution in [3.8, 4) is 0 Å². The molecule has 0 aliphatic rings. The van der Waals surface area contributed by atoms with Gasteiger partial charge in [-0.15, -0.1) is 11.8 Å². The van der Waals surface area contributed by atoms with E-state index in [0.717, 1.165) is 34.5 Å². The first-order chi connectivity index (χ1) is 12.3. The summed E-state index contributed by atoms with van der Waals surface area (Å²) in [6.45, 7) is 4.03. The lowest BCUT2D eigenvalue weighted by atomic mass is 10.1. The molecular formula is C18H18N2O5S. The lowest BCUT2D eigenvalue weighted by Crippen LogP contribution is -2.11. The highest BCUT2D eigenvalue weighted by molar-refractivity contribution is 8.00. The Kier molecular flexibility index (Phi) is 6.35. The molecule has 0 saturated carbocycles. The number of primary amides is 1. The molecule has 0 fully saturated rings. The summed E-state index contributed by atoms with van der Waals surface area (Å²) in [6, 6.07) is 9.78. The second-order valence-corrected chi connectivity index (χ2v) is 6.70. The maximum Gasteiger partial charge on any atom is 0.316 e. The summed E-state index contributed by atoms with van der Waals surface area (Å²) in [6.07, 6.45) is 0. The van der Waals surface area contributed by atoms with Gasteiger partial charge in [0.1, 0.15) is 6.61 Å². The van der Waals surface area contributed by atoms with E-state index in [-0.39, 0.29) is 28.5 Å². The number of nitro groups is 1. The monoisotopic (exact) mass is 374 g/mol. The standard InChI is InChI=1S/C18H18N2O5S/c1-11-3-4-12(2)14(7-11)9-25-17(21)10-26-16-6-5-13(18(19)22)8-15(16)20(23)24/h3-8H,9-10H2,1-2H3,(H2,19,22). The zero-order chi connectivity index (χ0) is 19.3. The van der Waals surface area contributed by atoms with E-state index in [2.05, 4.69) is 0 Å². The molecule has 0 aliphatic heterocycles. The number of thioether (sulfide) groups is 1. The molecule has 0 saturated heterocycles. The number of ether oxygens (including phenoxy) is 1. The molecule has 0 aliphatic carbocycles. The third-order valence-electron chi connectivity index (χ3n) is 3.68. The maximum absolute atomic E-state index is 12.0. The van der Waals surface area contributed by atoms with Crippen LogP contribution < -0.4 is 5.73 Å². The molecule has 0 radical (unpaired) electrons. The molecule has 8 heteroatoms. The average molecular weight is 374 g/mol. The third kappa shape index (κ3) is 5.06. The van der Waals surface area contributed by atoms with Crippen LogP contribution in [0, 0.1) is 24.0 Å². The minimum absolute atomic E-state index is 0.0403. The van der Waals surface area contributed by atoms with Crippen molar-refractivity contribution < 1.29 is 19.2 Å².